The van der Waals surface area contributed by atoms with E-state index in [1.165, 1.54) is 0 Å². The third-order valence-electron chi connectivity index (χ3n) is 11.5. The Bertz CT molecular complexity index is 2330. The summed E-state index contributed by atoms with van der Waals surface area (Å²) in [4.78, 5) is 61.6. The van der Waals surface area contributed by atoms with E-state index < -0.39 is 0 Å². The zero-order valence-electron chi connectivity index (χ0n) is 35.3. The maximum atomic E-state index is 13.2. The average Bonchev–Trinajstić information content (AvgIpc) is 3.90. The van der Waals surface area contributed by atoms with Crippen molar-refractivity contribution in [2.75, 3.05) is 58.9 Å². The molecule has 0 radical (unpaired) electrons. The van der Waals surface area contributed by atoms with Gasteiger partial charge in [-0.2, -0.15) is 27.0 Å². The van der Waals surface area contributed by atoms with Gasteiger partial charge in [-0.3, -0.25) is 29.7 Å². The second-order valence-corrected chi connectivity index (χ2v) is 15.6. The van der Waals surface area contributed by atoms with E-state index in [1.807, 2.05) is 96.6 Å². The van der Waals surface area contributed by atoms with Crippen molar-refractivity contribution in [1.29, 1.82) is 0 Å². The number of carbonyl (C=O) groups is 2. The Morgan fingerprint density at radius 1 is 0.635 bits per heavy atom. The third kappa shape index (κ3) is 10.3. The smallest absolute Gasteiger partial charge is 0.323 e. The van der Waals surface area contributed by atoms with Gasteiger partial charge in [-0.1, -0.05) is 12.1 Å². The molecule has 0 aliphatic carbocycles. The predicted octanol–water partition coefficient (Wildman–Crippen LogP) is 7.04. The van der Waals surface area contributed by atoms with Crippen LogP contribution < -0.4 is 30.2 Å². The van der Waals surface area contributed by atoms with E-state index in [9.17, 15) is 9.59 Å². The fraction of sp³-hybridized carbons (Fsp3) is 0.304. The summed E-state index contributed by atoms with van der Waals surface area (Å²) in [6.07, 6.45) is 12.3. The maximum absolute atomic E-state index is 13.2. The fourth-order valence-corrected chi connectivity index (χ4v) is 8.55. The summed E-state index contributed by atoms with van der Waals surface area (Å²) in [5.74, 6) is 1.49. The van der Waals surface area contributed by atoms with Crippen molar-refractivity contribution < 1.29 is 9.59 Å². The van der Waals surface area contributed by atoms with Crippen molar-refractivity contribution in [3.05, 3.63) is 132 Å². The number of hydrogen-bond donors (Lipinski definition) is 2. The quantitative estimate of drug-likeness (QED) is 0.163. The molecule has 63 heavy (non-hydrogen) atoms. The first-order valence-electron chi connectivity index (χ1n) is 20.7. The van der Waals surface area contributed by atoms with Gasteiger partial charge in [-0.25, -0.2) is 19.6 Å². The van der Waals surface area contributed by atoms with Gasteiger partial charge in [0.05, 0.1) is 34.8 Å². The highest BCUT2D eigenvalue weighted by molar-refractivity contribution is 7.59. The minimum absolute atomic E-state index is 0. The van der Waals surface area contributed by atoms with Crippen molar-refractivity contribution in [2.24, 2.45) is 0 Å². The van der Waals surface area contributed by atoms with Crippen molar-refractivity contribution in [3.8, 4) is 22.5 Å². The van der Waals surface area contributed by atoms with E-state index in [-0.39, 0.29) is 63.5 Å². The van der Waals surface area contributed by atoms with Crippen LogP contribution in [-0.2, 0) is 12.8 Å². The first kappa shape index (κ1) is 46.5. The molecule has 2 fully saturated rings. The van der Waals surface area contributed by atoms with Gasteiger partial charge < -0.3 is 20.4 Å². The summed E-state index contributed by atoms with van der Waals surface area (Å²) >= 11 is 0. The number of fused-ring (bicyclic) bond motifs is 8. The lowest BCUT2D eigenvalue weighted by atomic mass is 10.1. The summed E-state index contributed by atoms with van der Waals surface area (Å²) in [6, 6.07) is 26.1. The lowest BCUT2D eigenvalue weighted by Gasteiger charge is -2.36. The molecule has 2 N–H and O–H groups in total. The Balaban J connectivity index is 0.000000200. The number of anilines is 4. The number of urea groups is 2. The molecular weight excluding hydrogens is 852 g/mol. The Kier molecular flexibility index (Phi) is 15.5. The number of pyridine rings is 6. The number of hydrogen-bond acceptors (Lipinski definition) is 10. The zero-order chi connectivity index (χ0) is 41.0. The molecule has 2 saturated heterocycles. The second kappa shape index (κ2) is 20.9. The molecule has 0 aromatic carbocycles. The van der Waals surface area contributed by atoms with Crippen LogP contribution in [0.5, 0.6) is 0 Å². The topological polar surface area (TPSA) is 148 Å². The van der Waals surface area contributed by atoms with Crippen molar-refractivity contribution >= 4 is 74.5 Å². The SMILES string of the molecule is Cc1cc(-c2ccc3c(n2)N(C(=O)NCCc2ccccn2)[C@H]2CCN3C2)ccn1.Cc1cc(-c2ccc3c(n2)N(C(=O)NCCc2cccnc2)[C@H]2CCN3C2)ccn1.Cl.S.S. The highest BCUT2D eigenvalue weighted by atomic mass is 35.5. The first-order chi connectivity index (χ1) is 29.4. The third-order valence-corrected chi connectivity index (χ3v) is 11.5. The molecule has 4 aliphatic rings. The van der Waals surface area contributed by atoms with Gasteiger partial charge in [-0.15, -0.1) is 12.4 Å². The average molecular weight is 906 g/mol. The van der Waals surface area contributed by atoms with E-state index in [0.29, 0.717) is 19.5 Å². The summed E-state index contributed by atoms with van der Waals surface area (Å²) < 4.78 is 0. The lowest BCUT2D eigenvalue weighted by Crippen LogP contribution is -2.51. The van der Waals surface area contributed by atoms with Crippen LogP contribution in [0.1, 0.15) is 35.5 Å². The number of aromatic nitrogens is 6. The number of aryl methyl sites for hydroxylation is 2. The number of amides is 4. The Hall–Kier alpha value is -5.97. The van der Waals surface area contributed by atoms with Crippen molar-refractivity contribution in [2.45, 2.75) is 51.6 Å². The van der Waals surface area contributed by atoms with Gasteiger partial charge in [-0.05, 0) is 105 Å². The van der Waals surface area contributed by atoms with Gasteiger partial charge in [0.2, 0.25) is 0 Å². The molecule has 4 amide bonds. The summed E-state index contributed by atoms with van der Waals surface area (Å²) in [5, 5.41) is 6.16. The van der Waals surface area contributed by atoms with Gasteiger partial charge >= 0.3 is 12.1 Å². The number of nitrogens with one attached hydrogen (secondary N) is 2. The van der Waals surface area contributed by atoms with Crippen LogP contribution in [0.25, 0.3) is 22.5 Å². The van der Waals surface area contributed by atoms with E-state index >= 15 is 0 Å². The molecule has 4 bridgehead atoms. The largest absolute Gasteiger partial charge is 0.366 e. The predicted molar refractivity (Wildman–Crippen MR) is 261 cm³/mol. The Labute approximate surface area is 388 Å². The summed E-state index contributed by atoms with van der Waals surface area (Å²) in [6.45, 7) is 8.66. The van der Waals surface area contributed by atoms with Gasteiger partial charge in [0, 0.05) is 105 Å². The normalized spacial score (nSPS) is 16.2. The molecule has 6 aromatic heterocycles. The minimum atomic E-state index is -0.0886. The molecule has 10 rings (SSSR count). The van der Waals surface area contributed by atoms with Crippen LogP contribution in [0.2, 0.25) is 0 Å². The van der Waals surface area contributed by atoms with E-state index in [2.05, 4.69) is 52.5 Å². The monoisotopic (exact) mass is 904 g/mol. The van der Waals surface area contributed by atoms with E-state index in [4.69, 9.17) is 9.97 Å². The Morgan fingerprint density at radius 2 is 1.19 bits per heavy atom. The van der Waals surface area contributed by atoms with Gasteiger partial charge in [0.25, 0.3) is 0 Å². The molecule has 10 heterocycles. The van der Waals surface area contributed by atoms with Crippen molar-refractivity contribution in [3.63, 3.8) is 0 Å². The maximum Gasteiger partial charge on any atom is 0.323 e. The van der Waals surface area contributed by atoms with Crippen LogP contribution in [0.4, 0.5) is 32.6 Å². The van der Waals surface area contributed by atoms with Crippen LogP contribution in [0.3, 0.4) is 0 Å². The Morgan fingerprint density at radius 3 is 1.68 bits per heavy atom. The zero-order valence-corrected chi connectivity index (χ0v) is 38.1. The molecule has 0 saturated carbocycles. The molecular formula is C46H53ClN12O2S2. The summed E-state index contributed by atoms with van der Waals surface area (Å²) in [5.41, 5.74) is 9.75. The lowest BCUT2D eigenvalue weighted by molar-refractivity contribution is 0.243. The molecule has 0 spiro atoms. The molecule has 17 heteroatoms. The van der Waals surface area contributed by atoms with Gasteiger partial charge in [0.15, 0.2) is 11.6 Å². The number of nitrogens with zero attached hydrogens (tertiary/aromatic N) is 10. The highest BCUT2D eigenvalue weighted by Crippen LogP contribution is 2.41. The van der Waals surface area contributed by atoms with Gasteiger partial charge in [0.1, 0.15) is 0 Å². The van der Waals surface area contributed by atoms with Crippen LogP contribution in [0.15, 0.2) is 110 Å². The minimum Gasteiger partial charge on any atom is -0.366 e. The van der Waals surface area contributed by atoms with Crippen molar-refractivity contribution in [1.82, 2.24) is 40.5 Å². The van der Waals surface area contributed by atoms with Crippen LogP contribution >= 0.6 is 39.4 Å². The number of carbonyl (C=O) groups excluding carboxylic acids is 2. The molecule has 0 unspecified atom stereocenters. The number of halogens is 1. The first-order valence-corrected chi connectivity index (χ1v) is 20.7. The number of rotatable bonds is 8. The highest BCUT2D eigenvalue weighted by Gasteiger charge is 2.41. The van der Waals surface area contributed by atoms with E-state index in [1.54, 1.807) is 24.8 Å². The van der Waals surface area contributed by atoms with Crippen LogP contribution in [-0.4, -0.2) is 93.3 Å². The van der Waals surface area contributed by atoms with E-state index in [0.717, 1.165) is 114 Å². The molecule has 328 valence electrons. The molecule has 6 aromatic rings. The second-order valence-electron chi connectivity index (χ2n) is 15.6. The fourth-order valence-electron chi connectivity index (χ4n) is 8.55. The summed E-state index contributed by atoms with van der Waals surface area (Å²) in [7, 11) is 0. The molecule has 14 nitrogen and oxygen atoms in total. The molecule has 2 atom stereocenters. The standard InChI is InChI=1S/2C23H24N6O.ClH.2H2S/c1-16-13-18(7-11-25-16)20-4-5-21-22(27-20)29(19-8-12-28(21)15-19)23(30)26-10-6-17-3-2-9-24-14-17;1-16-14-17(7-11-24-16)20-5-6-21-22(27-20)29(19-9-13-28(21)15-19)23(30)26-12-8-18-4-2-3-10-25-18;;;/h2-5,7,9,11,13-14,19H,6,8,10,12,15H2,1H3,(H,26,30);2-7,10-11,14,19H,8-9,12-13,15H2,1H3,(H,26,30);1H;2*1H2/t2*19-;;;/m00.../s1. The van der Waals surface area contributed by atoms with Crippen LogP contribution in [0, 0.1) is 13.8 Å². The molecule has 4 aliphatic heterocycles.